The van der Waals surface area contributed by atoms with Gasteiger partial charge < -0.3 is 15.4 Å². The minimum Gasteiger partial charge on any atom is -0.432 e. The van der Waals surface area contributed by atoms with Crippen LogP contribution in [-0.2, 0) is 4.79 Å². The number of anilines is 1. The van der Waals surface area contributed by atoms with E-state index in [0.717, 1.165) is 44.5 Å². The minimum atomic E-state index is -3.08. The van der Waals surface area contributed by atoms with E-state index in [2.05, 4.69) is 15.4 Å². The van der Waals surface area contributed by atoms with Crippen molar-refractivity contribution in [1.82, 2.24) is 5.32 Å². The molecule has 2 N–H and O–H groups in total. The van der Waals surface area contributed by atoms with E-state index in [1.807, 2.05) is 0 Å². The molecular weight excluding hydrogens is 297 g/mol. The van der Waals surface area contributed by atoms with Gasteiger partial charge in [-0.3, -0.25) is 4.79 Å². The second-order valence-electron chi connectivity index (χ2n) is 5.88. The molecule has 1 aromatic carbocycles. The van der Waals surface area contributed by atoms with E-state index >= 15 is 0 Å². The van der Waals surface area contributed by atoms with Gasteiger partial charge in [0.25, 0.3) is 0 Å². The van der Waals surface area contributed by atoms with Crippen molar-refractivity contribution in [3.8, 4) is 5.75 Å². The Bertz CT molecular complexity index is 574. The summed E-state index contributed by atoms with van der Waals surface area (Å²) in [4.78, 5) is 12.2. The molecule has 1 saturated heterocycles. The van der Waals surface area contributed by atoms with Crippen LogP contribution in [-0.4, -0.2) is 25.6 Å². The topological polar surface area (TPSA) is 50.4 Å². The predicted octanol–water partition coefficient (Wildman–Crippen LogP) is 2.76. The largest absolute Gasteiger partial charge is 0.432 e. The van der Waals surface area contributed by atoms with Gasteiger partial charge >= 0.3 is 6.61 Å². The molecule has 1 aromatic rings. The molecule has 0 radical (unpaired) electrons. The van der Waals surface area contributed by atoms with Crippen molar-refractivity contribution in [2.45, 2.75) is 25.9 Å². The van der Waals surface area contributed by atoms with E-state index in [4.69, 9.17) is 0 Å². The summed E-state index contributed by atoms with van der Waals surface area (Å²) in [5.74, 6) is -1.64. The Morgan fingerprint density at radius 3 is 2.73 bits per heavy atom. The SMILES string of the molecule is O=C(Nc1ccc(OC(F)F)c(F)c1)C1CC12CCNCC2. The van der Waals surface area contributed by atoms with Crippen LogP contribution in [0, 0.1) is 17.2 Å². The van der Waals surface area contributed by atoms with Gasteiger partial charge in [-0.1, -0.05) is 0 Å². The standard InChI is InChI=1S/C15H17F3N2O2/c16-11-7-9(1-2-12(11)22-14(17)18)20-13(21)10-8-15(10)3-5-19-6-4-15/h1-2,7,10,14,19H,3-6,8H2,(H,20,21). The van der Waals surface area contributed by atoms with Gasteiger partial charge in [-0.2, -0.15) is 8.78 Å². The summed E-state index contributed by atoms with van der Waals surface area (Å²) < 4.78 is 41.8. The highest BCUT2D eigenvalue weighted by molar-refractivity contribution is 5.95. The first-order chi connectivity index (χ1) is 10.5. The van der Waals surface area contributed by atoms with E-state index in [9.17, 15) is 18.0 Å². The third kappa shape index (κ3) is 3.04. The van der Waals surface area contributed by atoms with Crippen molar-refractivity contribution in [2.75, 3.05) is 18.4 Å². The molecule has 1 saturated carbocycles. The molecule has 120 valence electrons. The Hall–Kier alpha value is -1.76. The highest BCUT2D eigenvalue weighted by Crippen LogP contribution is 2.58. The molecule has 0 bridgehead atoms. The van der Waals surface area contributed by atoms with Gasteiger partial charge in [0.2, 0.25) is 5.91 Å². The molecule has 4 nitrogen and oxygen atoms in total. The van der Waals surface area contributed by atoms with Gasteiger partial charge in [0.15, 0.2) is 11.6 Å². The van der Waals surface area contributed by atoms with Crippen LogP contribution in [0.1, 0.15) is 19.3 Å². The maximum absolute atomic E-state index is 13.6. The van der Waals surface area contributed by atoms with Crippen LogP contribution in [0.25, 0.3) is 0 Å². The van der Waals surface area contributed by atoms with Gasteiger partial charge in [0.1, 0.15) is 0 Å². The van der Waals surface area contributed by atoms with Crippen LogP contribution in [0.2, 0.25) is 0 Å². The first kappa shape index (κ1) is 15.1. The highest BCUT2D eigenvalue weighted by Gasteiger charge is 2.57. The molecule has 1 aliphatic heterocycles. The molecule has 1 atom stereocenters. The van der Waals surface area contributed by atoms with Crippen LogP contribution < -0.4 is 15.4 Å². The van der Waals surface area contributed by atoms with Crippen LogP contribution in [0.5, 0.6) is 5.75 Å². The molecular formula is C15H17F3N2O2. The summed E-state index contributed by atoms with van der Waals surface area (Å²) in [5, 5.41) is 5.92. The molecule has 2 fully saturated rings. The highest BCUT2D eigenvalue weighted by atomic mass is 19.3. The zero-order chi connectivity index (χ0) is 15.7. The van der Waals surface area contributed by atoms with Gasteiger partial charge in [0.05, 0.1) is 0 Å². The normalized spacial score (nSPS) is 22.6. The van der Waals surface area contributed by atoms with Crippen molar-refractivity contribution >= 4 is 11.6 Å². The molecule has 3 rings (SSSR count). The van der Waals surface area contributed by atoms with Crippen molar-refractivity contribution < 1.29 is 22.7 Å². The lowest BCUT2D eigenvalue weighted by atomic mass is 9.92. The number of hydrogen-bond donors (Lipinski definition) is 2. The van der Waals surface area contributed by atoms with Gasteiger partial charge in [-0.15, -0.1) is 0 Å². The van der Waals surface area contributed by atoms with E-state index in [1.54, 1.807) is 0 Å². The predicted molar refractivity (Wildman–Crippen MR) is 74.3 cm³/mol. The average molecular weight is 314 g/mol. The first-order valence-electron chi connectivity index (χ1n) is 7.26. The lowest BCUT2D eigenvalue weighted by molar-refractivity contribution is -0.118. The Balaban J connectivity index is 1.61. The Kier molecular flexibility index (Phi) is 3.99. The van der Waals surface area contributed by atoms with E-state index < -0.39 is 18.2 Å². The third-order valence-electron chi connectivity index (χ3n) is 4.52. The molecule has 22 heavy (non-hydrogen) atoms. The smallest absolute Gasteiger partial charge is 0.387 e. The van der Waals surface area contributed by atoms with Crippen LogP contribution >= 0.6 is 0 Å². The van der Waals surface area contributed by atoms with Crippen molar-refractivity contribution in [3.63, 3.8) is 0 Å². The number of carbonyl (C=O) groups excluding carboxylic acids is 1. The van der Waals surface area contributed by atoms with E-state index in [-0.39, 0.29) is 22.9 Å². The summed E-state index contributed by atoms with van der Waals surface area (Å²) in [6.07, 6.45) is 2.80. The Morgan fingerprint density at radius 1 is 1.36 bits per heavy atom. The van der Waals surface area contributed by atoms with E-state index in [1.165, 1.54) is 6.07 Å². The average Bonchev–Trinajstić information content (AvgIpc) is 3.16. The number of nitrogens with one attached hydrogen (secondary N) is 2. The van der Waals surface area contributed by atoms with Crippen LogP contribution in [0.15, 0.2) is 18.2 Å². The summed E-state index contributed by atoms with van der Waals surface area (Å²) in [7, 11) is 0. The lowest BCUT2D eigenvalue weighted by Gasteiger charge is -2.23. The van der Waals surface area contributed by atoms with Crippen molar-refractivity contribution in [2.24, 2.45) is 11.3 Å². The first-order valence-corrected chi connectivity index (χ1v) is 7.26. The molecule has 7 heteroatoms. The summed E-state index contributed by atoms with van der Waals surface area (Å²) in [5.41, 5.74) is 0.340. The number of halogens is 3. The molecule has 2 aliphatic rings. The monoisotopic (exact) mass is 314 g/mol. The Labute approximate surface area is 126 Å². The van der Waals surface area contributed by atoms with Gasteiger partial charge in [-0.05, 0) is 49.9 Å². The molecule has 1 heterocycles. The number of benzene rings is 1. The number of alkyl halides is 2. The van der Waals surface area contributed by atoms with Crippen LogP contribution in [0.4, 0.5) is 18.9 Å². The molecule has 1 aliphatic carbocycles. The van der Waals surface area contributed by atoms with Crippen molar-refractivity contribution in [1.29, 1.82) is 0 Å². The van der Waals surface area contributed by atoms with E-state index in [0.29, 0.717) is 0 Å². The maximum Gasteiger partial charge on any atom is 0.387 e. The molecule has 1 amide bonds. The molecule has 1 spiro atoms. The zero-order valence-electron chi connectivity index (χ0n) is 11.9. The molecule has 0 aromatic heterocycles. The second kappa shape index (κ2) is 5.79. The zero-order valence-corrected chi connectivity index (χ0v) is 11.9. The number of hydrogen-bond acceptors (Lipinski definition) is 3. The fourth-order valence-corrected chi connectivity index (χ4v) is 3.20. The Morgan fingerprint density at radius 2 is 2.09 bits per heavy atom. The quantitative estimate of drug-likeness (QED) is 0.898. The lowest BCUT2D eigenvalue weighted by Crippen LogP contribution is -2.31. The fraction of sp³-hybridized carbons (Fsp3) is 0.533. The van der Waals surface area contributed by atoms with Gasteiger partial charge in [0, 0.05) is 17.7 Å². The number of rotatable bonds is 4. The maximum atomic E-state index is 13.6. The van der Waals surface area contributed by atoms with Gasteiger partial charge in [-0.25, -0.2) is 4.39 Å². The second-order valence-corrected chi connectivity index (χ2v) is 5.88. The number of ether oxygens (including phenoxy) is 1. The van der Waals surface area contributed by atoms with Crippen LogP contribution in [0.3, 0.4) is 0 Å². The minimum absolute atomic E-state index is 0.0466. The number of carbonyl (C=O) groups is 1. The summed E-state index contributed by atoms with van der Waals surface area (Å²) >= 11 is 0. The third-order valence-corrected chi connectivity index (χ3v) is 4.52. The summed E-state index contributed by atoms with van der Waals surface area (Å²) in [6.45, 7) is -1.25. The van der Waals surface area contributed by atoms with Crippen molar-refractivity contribution in [3.05, 3.63) is 24.0 Å². The summed E-state index contributed by atoms with van der Waals surface area (Å²) in [6, 6.07) is 3.44. The number of amides is 1. The molecule has 1 unspecified atom stereocenters. The fourth-order valence-electron chi connectivity index (χ4n) is 3.20. The number of piperidine rings is 1.